The molecule has 80 valence electrons. The Bertz CT molecular complexity index is 361. The van der Waals surface area contributed by atoms with E-state index in [4.69, 9.17) is 11.6 Å². The molecular formula is C8H12N6O. The Morgan fingerprint density at radius 2 is 1.80 bits per heavy atom. The maximum absolute atomic E-state index is 8.68. The lowest BCUT2D eigenvalue weighted by Gasteiger charge is -2.06. The van der Waals surface area contributed by atoms with E-state index < -0.39 is 0 Å². The Balaban J connectivity index is 2.85. The molecule has 1 aromatic rings. The largest absolute Gasteiger partial charge is 0.354 e. The fraction of sp³-hybridized carbons (Fsp3) is 0.375. The van der Waals surface area contributed by atoms with Gasteiger partial charge in [-0.15, -0.1) is 6.42 Å². The quantitative estimate of drug-likeness (QED) is 0.404. The molecule has 4 N–H and O–H groups in total. The molecule has 0 aromatic carbocycles. The first kappa shape index (κ1) is 11.0. The molecule has 0 unspecified atom stereocenters. The highest BCUT2D eigenvalue weighted by molar-refractivity contribution is 5.41. The van der Waals surface area contributed by atoms with Crippen molar-refractivity contribution in [3.05, 3.63) is 0 Å². The van der Waals surface area contributed by atoms with Gasteiger partial charge < -0.3 is 10.6 Å². The molecule has 0 saturated carbocycles. The van der Waals surface area contributed by atoms with Crippen molar-refractivity contribution in [2.75, 3.05) is 29.2 Å². The number of terminal acetylenes is 1. The first-order valence-corrected chi connectivity index (χ1v) is 4.37. The summed E-state index contributed by atoms with van der Waals surface area (Å²) in [6.45, 7) is 2.88. The van der Waals surface area contributed by atoms with E-state index in [0.717, 1.165) is 0 Å². The zero-order valence-electron chi connectivity index (χ0n) is 8.28. The lowest BCUT2D eigenvalue weighted by molar-refractivity contribution is 0.382. The summed E-state index contributed by atoms with van der Waals surface area (Å²) < 4.78 is 0. The maximum atomic E-state index is 8.68. The van der Waals surface area contributed by atoms with Crippen molar-refractivity contribution < 1.29 is 5.21 Å². The lowest BCUT2D eigenvalue weighted by Crippen LogP contribution is -2.11. The molecule has 7 nitrogen and oxygen atoms in total. The first-order valence-electron chi connectivity index (χ1n) is 4.37. The van der Waals surface area contributed by atoms with Crippen LogP contribution in [0.3, 0.4) is 0 Å². The maximum Gasteiger partial charge on any atom is 0.253 e. The molecule has 0 aliphatic rings. The number of hydrogen-bond acceptors (Lipinski definition) is 7. The minimum Gasteiger partial charge on any atom is -0.354 e. The molecule has 0 fully saturated rings. The van der Waals surface area contributed by atoms with Crippen LogP contribution >= 0.6 is 0 Å². The number of nitrogens with zero attached hydrogens (tertiary/aromatic N) is 3. The van der Waals surface area contributed by atoms with Crippen molar-refractivity contribution >= 4 is 17.8 Å². The van der Waals surface area contributed by atoms with Gasteiger partial charge in [0.2, 0.25) is 11.9 Å². The summed E-state index contributed by atoms with van der Waals surface area (Å²) >= 11 is 0. The second-order valence-electron chi connectivity index (χ2n) is 2.51. The van der Waals surface area contributed by atoms with Gasteiger partial charge in [0.05, 0.1) is 6.54 Å². The predicted molar refractivity (Wildman–Crippen MR) is 56.7 cm³/mol. The SMILES string of the molecule is C#CCNc1nc(NO)nc(NCC)n1. The van der Waals surface area contributed by atoms with Gasteiger partial charge >= 0.3 is 0 Å². The van der Waals surface area contributed by atoms with Crippen LogP contribution in [0.25, 0.3) is 0 Å². The number of nitrogens with one attached hydrogen (secondary N) is 3. The number of anilines is 3. The Morgan fingerprint density at radius 3 is 2.33 bits per heavy atom. The molecule has 0 saturated heterocycles. The summed E-state index contributed by atoms with van der Waals surface area (Å²) in [4.78, 5) is 11.7. The van der Waals surface area contributed by atoms with E-state index in [2.05, 4.69) is 31.5 Å². The molecular weight excluding hydrogens is 196 g/mol. The number of aromatic nitrogens is 3. The van der Waals surface area contributed by atoms with Gasteiger partial charge in [0.15, 0.2) is 0 Å². The second kappa shape index (κ2) is 5.62. The molecule has 0 spiro atoms. The van der Waals surface area contributed by atoms with Crippen molar-refractivity contribution in [3.63, 3.8) is 0 Å². The van der Waals surface area contributed by atoms with Gasteiger partial charge in [0, 0.05) is 6.54 Å². The zero-order valence-corrected chi connectivity index (χ0v) is 8.28. The summed E-state index contributed by atoms with van der Waals surface area (Å²) in [6.07, 6.45) is 5.08. The fourth-order valence-corrected chi connectivity index (χ4v) is 0.872. The van der Waals surface area contributed by atoms with Gasteiger partial charge in [-0.25, -0.2) is 5.48 Å². The predicted octanol–water partition coefficient (Wildman–Crippen LogP) is 0.150. The molecule has 0 atom stereocenters. The van der Waals surface area contributed by atoms with Crippen LogP contribution in [0.4, 0.5) is 17.8 Å². The first-order chi connectivity index (χ1) is 7.30. The minimum absolute atomic E-state index is 0.0560. The summed E-state index contributed by atoms with van der Waals surface area (Å²) in [7, 11) is 0. The van der Waals surface area contributed by atoms with E-state index in [0.29, 0.717) is 25.0 Å². The Hall–Kier alpha value is -2.07. The highest BCUT2D eigenvalue weighted by atomic mass is 16.5. The lowest BCUT2D eigenvalue weighted by atomic mass is 10.6. The molecule has 15 heavy (non-hydrogen) atoms. The van der Waals surface area contributed by atoms with Crippen molar-refractivity contribution in [2.45, 2.75) is 6.92 Å². The second-order valence-corrected chi connectivity index (χ2v) is 2.51. The molecule has 0 aliphatic heterocycles. The third kappa shape index (κ3) is 3.28. The molecule has 7 heteroatoms. The van der Waals surface area contributed by atoms with Gasteiger partial charge in [-0.05, 0) is 6.92 Å². The molecule has 1 rings (SSSR count). The smallest absolute Gasteiger partial charge is 0.253 e. The normalized spacial score (nSPS) is 9.13. The highest BCUT2D eigenvalue weighted by Crippen LogP contribution is 2.07. The number of rotatable bonds is 5. The van der Waals surface area contributed by atoms with Crippen molar-refractivity contribution in [1.29, 1.82) is 0 Å². The van der Waals surface area contributed by atoms with Gasteiger partial charge in [-0.2, -0.15) is 15.0 Å². The van der Waals surface area contributed by atoms with E-state index in [1.807, 2.05) is 12.4 Å². The van der Waals surface area contributed by atoms with Crippen LogP contribution in [0.2, 0.25) is 0 Å². The third-order valence-corrected chi connectivity index (χ3v) is 1.42. The Kier molecular flexibility index (Phi) is 4.12. The molecule has 0 bridgehead atoms. The summed E-state index contributed by atoms with van der Waals surface area (Å²) in [6, 6.07) is 0. The van der Waals surface area contributed by atoms with Crippen LogP contribution in [0, 0.1) is 12.3 Å². The van der Waals surface area contributed by atoms with E-state index in [-0.39, 0.29) is 5.95 Å². The van der Waals surface area contributed by atoms with Crippen LogP contribution in [0.5, 0.6) is 0 Å². The van der Waals surface area contributed by atoms with E-state index in [9.17, 15) is 0 Å². The summed E-state index contributed by atoms with van der Waals surface area (Å²) in [5, 5.41) is 14.4. The standard InChI is InChI=1S/C8H12N6O/c1-3-5-10-7-11-6(9-4-2)12-8(13-7)14-15/h1,15H,4-5H2,2H3,(H3,9,10,11,12,13,14). The zero-order chi connectivity index (χ0) is 11.1. The summed E-state index contributed by atoms with van der Waals surface area (Å²) in [5.41, 5.74) is 1.85. The topological polar surface area (TPSA) is 95.0 Å². The van der Waals surface area contributed by atoms with Crippen LogP contribution in [0.1, 0.15) is 6.92 Å². The molecule has 1 aromatic heterocycles. The monoisotopic (exact) mass is 208 g/mol. The Labute approximate surface area is 87.3 Å². The fourth-order valence-electron chi connectivity index (χ4n) is 0.872. The summed E-state index contributed by atoms with van der Waals surface area (Å²) in [5.74, 6) is 3.11. The molecule has 0 aliphatic carbocycles. The van der Waals surface area contributed by atoms with Gasteiger partial charge in [0.25, 0.3) is 5.95 Å². The van der Waals surface area contributed by atoms with E-state index >= 15 is 0 Å². The van der Waals surface area contributed by atoms with Crippen molar-refractivity contribution in [1.82, 2.24) is 15.0 Å². The van der Waals surface area contributed by atoms with E-state index in [1.165, 1.54) is 0 Å². The van der Waals surface area contributed by atoms with Gasteiger partial charge in [-0.1, -0.05) is 5.92 Å². The van der Waals surface area contributed by atoms with Crippen molar-refractivity contribution in [3.8, 4) is 12.3 Å². The van der Waals surface area contributed by atoms with Gasteiger partial charge in [-0.3, -0.25) is 5.21 Å². The average Bonchev–Trinajstić information content (AvgIpc) is 2.26. The molecule has 0 radical (unpaired) electrons. The molecule has 0 amide bonds. The van der Waals surface area contributed by atoms with Crippen LogP contribution in [-0.4, -0.2) is 33.2 Å². The third-order valence-electron chi connectivity index (χ3n) is 1.42. The highest BCUT2D eigenvalue weighted by Gasteiger charge is 2.03. The number of hydrogen-bond donors (Lipinski definition) is 4. The van der Waals surface area contributed by atoms with Crippen LogP contribution < -0.4 is 16.1 Å². The van der Waals surface area contributed by atoms with Crippen LogP contribution in [0.15, 0.2) is 0 Å². The minimum atomic E-state index is 0.0560. The van der Waals surface area contributed by atoms with Gasteiger partial charge in [0.1, 0.15) is 0 Å². The average molecular weight is 208 g/mol. The Morgan fingerprint density at radius 1 is 1.20 bits per heavy atom. The molecule has 1 heterocycles. The van der Waals surface area contributed by atoms with E-state index in [1.54, 1.807) is 0 Å². The van der Waals surface area contributed by atoms with Crippen LogP contribution in [-0.2, 0) is 0 Å². The van der Waals surface area contributed by atoms with Crippen molar-refractivity contribution in [2.24, 2.45) is 0 Å².